The molecule has 0 saturated carbocycles. The van der Waals surface area contributed by atoms with Crippen molar-refractivity contribution in [3.05, 3.63) is 69.8 Å². The Morgan fingerprint density at radius 1 is 1.25 bits per heavy atom. The number of hydrogen-bond donors (Lipinski definition) is 2. The molecule has 1 unspecified atom stereocenters. The van der Waals surface area contributed by atoms with Gasteiger partial charge >= 0.3 is 0 Å². The molecule has 0 aliphatic heterocycles. The summed E-state index contributed by atoms with van der Waals surface area (Å²) in [6.45, 7) is 2.28. The molecule has 1 atom stereocenters. The van der Waals surface area contributed by atoms with Gasteiger partial charge < -0.3 is 14.7 Å². The number of H-pyrrole nitrogens is 1. The van der Waals surface area contributed by atoms with Crippen LogP contribution in [-0.4, -0.2) is 27.4 Å². The number of nitrogens with zero attached hydrogens (tertiary/aromatic N) is 2. The van der Waals surface area contributed by atoms with Gasteiger partial charge in [0, 0.05) is 17.7 Å². The van der Waals surface area contributed by atoms with Gasteiger partial charge in [-0.25, -0.2) is 9.97 Å². The fourth-order valence-corrected chi connectivity index (χ4v) is 3.62. The molecular formula is C21H22N4O3. The first kappa shape index (κ1) is 18.2. The second kappa shape index (κ2) is 7.80. The Hall–Kier alpha value is -3.22. The van der Waals surface area contributed by atoms with Crippen molar-refractivity contribution in [2.75, 3.05) is 6.54 Å². The first-order valence-corrected chi connectivity index (χ1v) is 9.47. The van der Waals surface area contributed by atoms with Crippen LogP contribution in [0, 0.1) is 12.8 Å². The van der Waals surface area contributed by atoms with E-state index < -0.39 is 0 Å². The summed E-state index contributed by atoms with van der Waals surface area (Å²) in [5.41, 5.74) is 3.04. The quantitative estimate of drug-likeness (QED) is 0.680. The lowest BCUT2D eigenvalue weighted by molar-refractivity contribution is 0.0917. The summed E-state index contributed by atoms with van der Waals surface area (Å²) in [7, 11) is 0. The van der Waals surface area contributed by atoms with Crippen LogP contribution in [0.5, 0.6) is 0 Å². The van der Waals surface area contributed by atoms with E-state index >= 15 is 0 Å². The number of fused-ring (bicyclic) bond motifs is 1. The molecule has 1 aromatic carbocycles. The largest absolute Gasteiger partial charge is 0.438 e. The van der Waals surface area contributed by atoms with Gasteiger partial charge in [-0.1, -0.05) is 30.3 Å². The fraction of sp³-hybridized carbons (Fsp3) is 0.333. The SMILES string of the molecule is Cc1ncoc1C(=O)NCC1CCc2nc(-c3ccccc3)[nH]c(=O)c2CC1. The van der Waals surface area contributed by atoms with Crippen LogP contribution in [0.3, 0.4) is 0 Å². The van der Waals surface area contributed by atoms with Gasteiger partial charge in [0.05, 0.1) is 11.4 Å². The van der Waals surface area contributed by atoms with Crippen LogP contribution in [0.25, 0.3) is 11.4 Å². The molecule has 0 fully saturated rings. The average molecular weight is 378 g/mol. The smallest absolute Gasteiger partial charge is 0.289 e. The third-order valence-electron chi connectivity index (χ3n) is 5.24. The molecule has 7 nitrogen and oxygen atoms in total. The summed E-state index contributed by atoms with van der Waals surface area (Å²) in [5.74, 6) is 0.888. The Kier molecular flexibility index (Phi) is 5.06. The third-order valence-corrected chi connectivity index (χ3v) is 5.24. The van der Waals surface area contributed by atoms with Crippen molar-refractivity contribution in [3.63, 3.8) is 0 Å². The van der Waals surface area contributed by atoms with Gasteiger partial charge in [-0.3, -0.25) is 9.59 Å². The van der Waals surface area contributed by atoms with Crippen LogP contribution in [0.4, 0.5) is 0 Å². The first-order valence-electron chi connectivity index (χ1n) is 9.47. The van der Waals surface area contributed by atoms with E-state index in [2.05, 4.69) is 15.3 Å². The summed E-state index contributed by atoms with van der Waals surface area (Å²) in [5, 5.41) is 2.92. The van der Waals surface area contributed by atoms with E-state index in [0.29, 0.717) is 24.5 Å². The van der Waals surface area contributed by atoms with Gasteiger partial charge in [-0.05, 0) is 38.5 Å². The molecule has 2 heterocycles. The second-order valence-corrected chi connectivity index (χ2v) is 7.13. The molecule has 0 radical (unpaired) electrons. The maximum Gasteiger partial charge on any atom is 0.289 e. The molecule has 4 rings (SSSR count). The van der Waals surface area contributed by atoms with Crippen molar-refractivity contribution >= 4 is 5.91 Å². The van der Waals surface area contributed by atoms with Gasteiger partial charge in [-0.2, -0.15) is 0 Å². The number of aromatic amines is 1. The number of rotatable bonds is 4. The minimum Gasteiger partial charge on any atom is -0.438 e. The molecule has 2 N–H and O–H groups in total. The van der Waals surface area contributed by atoms with Gasteiger partial charge in [-0.15, -0.1) is 0 Å². The summed E-state index contributed by atoms with van der Waals surface area (Å²) >= 11 is 0. The summed E-state index contributed by atoms with van der Waals surface area (Å²) in [6.07, 6.45) is 4.36. The van der Waals surface area contributed by atoms with Crippen LogP contribution < -0.4 is 10.9 Å². The van der Waals surface area contributed by atoms with E-state index in [-0.39, 0.29) is 23.1 Å². The molecular weight excluding hydrogens is 356 g/mol. The van der Waals surface area contributed by atoms with Crippen LogP contribution >= 0.6 is 0 Å². The standard InChI is InChI=1S/C21H22N4O3/c1-13-18(28-12-23-13)21(27)22-11-14-7-9-16-17(10-8-14)24-19(25-20(16)26)15-5-3-2-4-6-15/h2-6,12,14H,7-11H2,1H3,(H,22,27)(H,24,25,26). The number of carbonyl (C=O) groups is 1. The molecule has 7 heteroatoms. The minimum atomic E-state index is -0.251. The Morgan fingerprint density at radius 3 is 2.79 bits per heavy atom. The Bertz CT molecular complexity index is 1040. The molecule has 1 aliphatic carbocycles. The maximum atomic E-state index is 12.6. The zero-order valence-electron chi connectivity index (χ0n) is 15.7. The zero-order valence-corrected chi connectivity index (χ0v) is 15.7. The predicted octanol–water partition coefficient (Wildman–Crippen LogP) is 2.66. The topological polar surface area (TPSA) is 101 Å². The molecule has 0 bridgehead atoms. The normalized spacial score (nSPS) is 16.2. The number of carbonyl (C=O) groups excluding carboxylic acids is 1. The highest BCUT2D eigenvalue weighted by molar-refractivity contribution is 5.92. The molecule has 1 amide bonds. The zero-order chi connectivity index (χ0) is 19.5. The molecule has 28 heavy (non-hydrogen) atoms. The summed E-state index contributed by atoms with van der Waals surface area (Å²) in [6, 6.07) is 9.66. The van der Waals surface area contributed by atoms with Crippen molar-refractivity contribution in [1.82, 2.24) is 20.3 Å². The minimum absolute atomic E-state index is 0.0641. The lowest BCUT2D eigenvalue weighted by Gasteiger charge is -2.14. The Labute approximate surface area is 162 Å². The van der Waals surface area contributed by atoms with E-state index in [1.807, 2.05) is 30.3 Å². The number of oxazole rings is 1. The van der Waals surface area contributed by atoms with Crippen LogP contribution in [-0.2, 0) is 12.8 Å². The first-order chi connectivity index (χ1) is 13.6. The number of aromatic nitrogens is 3. The monoisotopic (exact) mass is 378 g/mol. The molecule has 3 aromatic rings. The van der Waals surface area contributed by atoms with Gasteiger partial charge in [0.15, 0.2) is 6.39 Å². The molecule has 144 valence electrons. The number of aryl methyl sites for hydroxylation is 2. The van der Waals surface area contributed by atoms with E-state index in [4.69, 9.17) is 9.40 Å². The molecule has 0 saturated heterocycles. The van der Waals surface area contributed by atoms with E-state index in [0.717, 1.165) is 36.1 Å². The van der Waals surface area contributed by atoms with Crippen molar-refractivity contribution in [3.8, 4) is 11.4 Å². The third kappa shape index (κ3) is 3.74. The number of amides is 1. The van der Waals surface area contributed by atoms with Crippen LogP contribution in [0.15, 0.2) is 45.9 Å². The van der Waals surface area contributed by atoms with Crippen LogP contribution in [0.2, 0.25) is 0 Å². The van der Waals surface area contributed by atoms with Gasteiger partial charge in [0.1, 0.15) is 5.82 Å². The fourth-order valence-electron chi connectivity index (χ4n) is 3.62. The molecule has 2 aromatic heterocycles. The molecule has 1 aliphatic rings. The van der Waals surface area contributed by atoms with Crippen LogP contribution in [0.1, 0.15) is 40.3 Å². The highest BCUT2D eigenvalue weighted by Crippen LogP contribution is 2.23. The van der Waals surface area contributed by atoms with Crippen molar-refractivity contribution < 1.29 is 9.21 Å². The van der Waals surface area contributed by atoms with E-state index in [9.17, 15) is 9.59 Å². The Morgan fingerprint density at radius 2 is 2.04 bits per heavy atom. The van der Waals surface area contributed by atoms with Crippen molar-refractivity contribution in [2.45, 2.75) is 32.6 Å². The number of nitrogens with one attached hydrogen (secondary N) is 2. The van der Waals surface area contributed by atoms with E-state index in [1.165, 1.54) is 6.39 Å². The highest BCUT2D eigenvalue weighted by atomic mass is 16.3. The highest BCUT2D eigenvalue weighted by Gasteiger charge is 2.22. The predicted molar refractivity (Wildman–Crippen MR) is 104 cm³/mol. The number of hydrogen-bond acceptors (Lipinski definition) is 5. The maximum absolute atomic E-state index is 12.6. The van der Waals surface area contributed by atoms with Gasteiger partial charge in [0.25, 0.3) is 11.5 Å². The van der Waals surface area contributed by atoms with Crippen molar-refractivity contribution in [2.24, 2.45) is 5.92 Å². The summed E-state index contributed by atoms with van der Waals surface area (Å²) < 4.78 is 5.13. The summed E-state index contributed by atoms with van der Waals surface area (Å²) in [4.78, 5) is 36.4. The second-order valence-electron chi connectivity index (χ2n) is 7.13. The number of benzene rings is 1. The van der Waals surface area contributed by atoms with Gasteiger partial charge in [0.2, 0.25) is 5.76 Å². The lowest BCUT2D eigenvalue weighted by Crippen LogP contribution is -2.29. The molecule has 0 spiro atoms. The van der Waals surface area contributed by atoms with Crippen molar-refractivity contribution in [1.29, 1.82) is 0 Å². The Balaban J connectivity index is 1.45. The average Bonchev–Trinajstić information content (AvgIpc) is 3.03. The van der Waals surface area contributed by atoms with E-state index in [1.54, 1.807) is 6.92 Å². The lowest BCUT2D eigenvalue weighted by atomic mass is 10.00.